The fourth-order valence-electron chi connectivity index (χ4n) is 3.94. The zero-order valence-electron chi connectivity index (χ0n) is 19.2. The maximum atomic E-state index is 12.9. The normalized spacial score (nSPS) is 15.6. The first-order valence-electron chi connectivity index (χ1n) is 10.9. The molecule has 2 aromatic carbocycles. The van der Waals surface area contributed by atoms with Crippen LogP contribution in [0.2, 0.25) is 0 Å². The van der Waals surface area contributed by atoms with Gasteiger partial charge in [0.2, 0.25) is 26.0 Å². The smallest absolute Gasteiger partial charge is 0.245 e. The van der Waals surface area contributed by atoms with Crippen LogP contribution < -0.4 is 9.62 Å². The summed E-state index contributed by atoms with van der Waals surface area (Å²) in [7, 11) is -7.27. The van der Waals surface area contributed by atoms with E-state index in [0.29, 0.717) is 24.5 Å². The summed E-state index contributed by atoms with van der Waals surface area (Å²) < 4.78 is 53.1. The lowest BCUT2D eigenvalue weighted by Crippen LogP contribution is -2.37. The Morgan fingerprint density at radius 2 is 1.55 bits per heavy atom. The highest BCUT2D eigenvalue weighted by atomic mass is 32.2. The molecule has 180 valence electrons. The molecule has 0 spiro atoms. The van der Waals surface area contributed by atoms with Gasteiger partial charge >= 0.3 is 0 Å². The second kappa shape index (κ2) is 10.2. The van der Waals surface area contributed by atoms with Crippen LogP contribution in [0.3, 0.4) is 0 Å². The van der Waals surface area contributed by atoms with Crippen LogP contribution in [0.25, 0.3) is 0 Å². The zero-order chi connectivity index (χ0) is 24.2. The van der Waals surface area contributed by atoms with Gasteiger partial charge in [-0.05, 0) is 62.6 Å². The molecule has 10 heteroatoms. The van der Waals surface area contributed by atoms with Crippen molar-refractivity contribution in [2.45, 2.75) is 44.4 Å². The van der Waals surface area contributed by atoms with E-state index in [0.717, 1.165) is 47.4 Å². The van der Waals surface area contributed by atoms with Crippen molar-refractivity contribution in [3.63, 3.8) is 0 Å². The van der Waals surface area contributed by atoms with Crippen molar-refractivity contribution >= 4 is 37.3 Å². The lowest BCUT2D eigenvalue weighted by atomic mass is 10.1. The average molecular weight is 494 g/mol. The van der Waals surface area contributed by atoms with Crippen molar-refractivity contribution < 1.29 is 21.6 Å². The Bertz CT molecular complexity index is 1200. The van der Waals surface area contributed by atoms with Gasteiger partial charge < -0.3 is 5.32 Å². The highest BCUT2D eigenvalue weighted by molar-refractivity contribution is 7.92. The van der Waals surface area contributed by atoms with Crippen LogP contribution in [0.15, 0.2) is 47.4 Å². The number of benzene rings is 2. The standard InChI is InChI=1S/C23H31N3O5S2/c1-18-8-13-22(19(2)16-18)26(32(3,28)29)17-23(27)24-20-9-11-21(12-10-20)33(30,31)25-14-6-4-5-7-15-25/h8-13,16H,4-7,14-15,17H2,1-3H3,(H,24,27). The van der Waals surface area contributed by atoms with E-state index in [-0.39, 0.29) is 4.90 Å². The number of sulfonamides is 2. The molecule has 1 saturated heterocycles. The molecule has 8 nitrogen and oxygen atoms in total. The van der Waals surface area contributed by atoms with E-state index < -0.39 is 32.5 Å². The number of aryl methyl sites for hydroxylation is 2. The van der Waals surface area contributed by atoms with Crippen LogP contribution in [0.1, 0.15) is 36.8 Å². The third-order valence-electron chi connectivity index (χ3n) is 5.65. The molecule has 0 radical (unpaired) electrons. The van der Waals surface area contributed by atoms with Crippen molar-refractivity contribution in [1.82, 2.24) is 4.31 Å². The molecule has 1 heterocycles. The maximum Gasteiger partial charge on any atom is 0.245 e. The third kappa shape index (κ3) is 6.33. The monoisotopic (exact) mass is 493 g/mol. The highest BCUT2D eigenvalue weighted by Crippen LogP contribution is 2.24. The Kier molecular flexibility index (Phi) is 7.81. The Morgan fingerprint density at radius 1 is 0.939 bits per heavy atom. The van der Waals surface area contributed by atoms with Crippen molar-refractivity contribution in [2.75, 3.05) is 35.5 Å². The van der Waals surface area contributed by atoms with Gasteiger partial charge in [0.05, 0.1) is 16.8 Å². The number of rotatable bonds is 7. The van der Waals surface area contributed by atoms with Crippen LogP contribution >= 0.6 is 0 Å². The number of carbonyl (C=O) groups excluding carboxylic acids is 1. The van der Waals surface area contributed by atoms with Gasteiger partial charge in [0, 0.05) is 18.8 Å². The van der Waals surface area contributed by atoms with Gasteiger partial charge in [0.1, 0.15) is 6.54 Å². The number of hydrogen-bond donors (Lipinski definition) is 1. The van der Waals surface area contributed by atoms with Gasteiger partial charge in [-0.3, -0.25) is 9.10 Å². The molecule has 1 amide bonds. The third-order valence-corrected chi connectivity index (χ3v) is 8.69. The molecule has 0 aromatic heterocycles. The molecular weight excluding hydrogens is 462 g/mol. The summed E-state index contributed by atoms with van der Waals surface area (Å²) >= 11 is 0. The van der Waals surface area contributed by atoms with Gasteiger partial charge in [-0.2, -0.15) is 4.31 Å². The van der Waals surface area contributed by atoms with Crippen molar-refractivity contribution in [3.8, 4) is 0 Å². The summed E-state index contributed by atoms with van der Waals surface area (Å²) in [4.78, 5) is 12.8. The minimum Gasteiger partial charge on any atom is -0.325 e. The molecule has 1 fully saturated rings. The molecule has 0 saturated carbocycles. The second-order valence-electron chi connectivity index (χ2n) is 8.45. The van der Waals surface area contributed by atoms with Gasteiger partial charge in [0.25, 0.3) is 0 Å². The molecular formula is C23H31N3O5S2. The average Bonchev–Trinajstić information content (AvgIpc) is 3.02. The second-order valence-corrected chi connectivity index (χ2v) is 12.3. The number of hydrogen-bond acceptors (Lipinski definition) is 5. The molecule has 0 atom stereocenters. The number of carbonyl (C=O) groups is 1. The molecule has 2 aromatic rings. The fourth-order valence-corrected chi connectivity index (χ4v) is 6.37. The minimum absolute atomic E-state index is 0.176. The molecule has 0 aliphatic carbocycles. The predicted octanol–water partition coefficient (Wildman–Crippen LogP) is 3.27. The summed E-state index contributed by atoms with van der Waals surface area (Å²) in [6.07, 6.45) is 4.82. The van der Waals surface area contributed by atoms with Crippen molar-refractivity contribution in [3.05, 3.63) is 53.6 Å². The molecule has 0 unspecified atom stereocenters. The number of amides is 1. The number of anilines is 2. The Balaban J connectivity index is 1.73. The Labute approximate surface area is 196 Å². The predicted molar refractivity (Wildman–Crippen MR) is 130 cm³/mol. The molecule has 1 N–H and O–H groups in total. The maximum absolute atomic E-state index is 12.9. The molecule has 0 bridgehead atoms. The molecule has 1 aliphatic heterocycles. The van der Waals surface area contributed by atoms with E-state index in [1.54, 1.807) is 19.1 Å². The summed E-state index contributed by atoms with van der Waals surface area (Å²) in [5.41, 5.74) is 2.57. The Hall–Kier alpha value is -2.43. The first-order chi connectivity index (χ1) is 15.5. The minimum atomic E-state index is -3.69. The summed E-state index contributed by atoms with van der Waals surface area (Å²) in [5.74, 6) is -0.525. The summed E-state index contributed by atoms with van der Waals surface area (Å²) in [6.45, 7) is 4.34. The lowest BCUT2D eigenvalue weighted by molar-refractivity contribution is -0.114. The van der Waals surface area contributed by atoms with E-state index in [1.165, 1.54) is 28.6 Å². The van der Waals surface area contributed by atoms with Crippen molar-refractivity contribution in [1.29, 1.82) is 0 Å². The molecule has 33 heavy (non-hydrogen) atoms. The van der Waals surface area contributed by atoms with Crippen LogP contribution in [0, 0.1) is 13.8 Å². The van der Waals surface area contributed by atoms with Gasteiger partial charge in [0.15, 0.2) is 0 Å². The van der Waals surface area contributed by atoms with E-state index in [9.17, 15) is 21.6 Å². The fraction of sp³-hybridized carbons (Fsp3) is 0.435. The van der Waals surface area contributed by atoms with E-state index >= 15 is 0 Å². The SMILES string of the molecule is Cc1ccc(N(CC(=O)Nc2ccc(S(=O)(=O)N3CCCCCC3)cc2)S(C)(=O)=O)c(C)c1. The van der Waals surface area contributed by atoms with Crippen LogP contribution in [-0.4, -0.2) is 52.9 Å². The van der Waals surface area contributed by atoms with Gasteiger partial charge in [-0.15, -0.1) is 0 Å². The largest absolute Gasteiger partial charge is 0.325 e. The first kappa shape index (κ1) is 25.2. The summed E-state index contributed by atoms with van der Waals surface area (Å²) in [5, 5.41) is 2.66. The number of nitrogens with one attached hydrogen (secondary N) is 1. The van der Waals surface area contributed by atoms with E-state index in [1.807, 2.05) is 13.0 Å². The number of nitrogens with zero attached hydrogens (tertiary/aromatic N) is 2. The molecule has 3 rings (SSSR count). The van der Waals surface area contributed by atoms with Crippen LogP contribution in [0.4, 0.5) is 11.4 Å². The summed E-state index contributed by atoms with van der Waals surface area (Å²) in [6, 6.07) is 11.3. The van der Waals surface area contributed by atoms with Crippen molar-refractivity contribution in [2.24, 2.45) is 0 Å². The van der Waals surface area contributed by atoms with E-state index in [2.05, 4.69) is 5.32 Å². The zero-order valence-corrected chi connectivity index (χ0v) is 20.9. The highest BCUT2D eigenvalue weighted by Gasteiger charge is 2.25. The van der Waals surface area contributed by atoms with E-state index in [4.69, 9.17) is 0 Å². The topological polar surface area (TPSA) is 104 Å². The Morgan fingerprint density at radius 3 is 2.09 bits per heavy atom. The van der Waals surface area contributed by atoms with Gasteiger partial charge in [-0.25, -0.2) is 16.8 Å². The van der Waals surface area contributed by atoms with Crippen LogP contribution in [-0.2, 0) is 24.8 Å². The first-order valence-corrected chi connectivity index (χ1v) is 14.2. The quantitative estimate of drug-likeness (QED) is 0.638. The lowest BCUT2D eigenvalue weighted by Gasteiger charge is -2.24. The van der Waals surface area contributed by atoms with Crippen LogP contribution in [0.5, 0.6) is 0 Å². The van der Waals surface area contributed by atoms with Gasteiger partial charge in [-0.1, -0.05) is 30.5 Å². The molecule has 1 aliphatic rings.